The van der Waals surface area contributed by atoms with Gasteiger partial charge in [-0.3, -0.25) is 0 Å². The summed E-state index contributed by atoms with van der Waals surface area (Å²) < 4.78 is 50.2. The van der Waals surface area contributed by atoms with Crippen molar-refractivity contribution in [3.8, 4) is 28.5 Å². The molecule has 4 rings (SSSR count). The van der Waals surface area contributed by atoms with E-state index in [1.165, 1.54) is 19.2 Å². The zero-order valence-electron chi connectivity index (χ0n) is 16.4. The van der Waals surface area contributed by atoms with Gasteiger partial charge < -0.3 is 24.7 Å². The maximum atomic E-state index is 14.8. The lowest BCUT2D eigenvalue weighted by Gasteiger charge is -2.13. The van der Waals surface area contributed by atoms with Crippen molar-refractivity contribution in [1.29, 1.82) is 0 Å². The van der Waals surface area contributed by atoms with Gasteiger partial charge in [0, 0.05) is 5.56 Å². The second-order valence-corrected chi connectivity index (χ2v) is 7.34. The second kappa shape index (κ2) is 8.68. The number of pyridine rings is 1. The van der Waals surface area contributed by atoms with Crippen LogP contribution in [0.5, 0.6) is 17.2 Å². The molecule has 7 nitrogen and oxygen atoms in total. The molecule has 0 atom stereocenters. The van der Waals surface area contributed by atoms with Crippen molar-refractivity contribution in [2.24, 2.45) is 0 Å². The van der Waals surface area contributed by atoms with Crippen molar-refractivity contribution >= 4 is 34.9 Å². The molecule has 1 aromatic heterocycles. The van der Waals surface area contributed by atoms with E-state index in [-0.39, 0.29) is 29.7 Å². The van der Waals surface area contributed by atoms with E-state index >= 15 is 0 Å². The zero-order valence-corrected chi connectivity index (χ0v) is 17.9. The van der Waals surface area contributed by atoms with E-state index in [2.05, 4.69) is 4.98 Å². The predicted octanol–water partition coefficient (Wildman–Crippen LogP) is 5.01. The summed E-state index contributed by atoms with van der Waals surface area (Å²) in [6, 6.07) is 7.46. The Hall–Kier alpha value is -3.30. The fraction of sp³-hybridized carbons (Fsp3) is 0.143. The summed E-state index contributed by atoms with van der Waals surface area (Å²) in [5.41, 5.74) is 4.38. The van der Waals surface area contributed by atoms with Crippen molar-refractivity contribution in [3.63, 3.8) is 0 Å². The SMILES string of the molecule is COc1c(Cl)ccc(-c2nc(C(=O)OCc3ccc4c(c3)OCO4)c(Cl)c(N)c2F)c1F. The first-order chi connectivity index (χ1) is 15.3. The highest BCUT2D eigenvalue weighted by molar-refractivity contribution is 6.36. The molecule has 0 aliphatic carbocycles. The van der Waals surface area contributed by atoms with Gasteiger partial charge in [0.1, 0.15) is 12.3 Å². The summed E-state index contributed by atoms with van der Waals surface area (Å²) in [6.45, 7) is -0.0645. The van der Waals surface area contributed by atoms with Crippen molar-refractivity contribution in [2.75, 3.05) is 19.6 Å². The number of fused-ring (bicyclic) bond motifs is 1. The standard InChI is InChI=1S/C21H14Cl2F2N2O5/c1-29-20-11(22)4-3-10(15(20)24)18-16(25)17(26)14(23)19(27-18)21(28)30-7-9-2-5-12-13(6-9)32-8-31-12/h2-6H,7-8H2,1H3,(H2,26,27). The number of esters is 1. The number of hydrogen-bond acceptors (Lipinski definition) is 7. The average Bonchev–Trinajstić information content (AvgIpc) is 3.25. The van der Waals surface area contributed by atoms with Crippen LogP contribution in [0, 0.1) is 11.6 Å². The molecule has 3 aromatic rings. The lowest BCUT2D eigenvalue weighted by Crippen LogP contribution is -2.12. The number of nitrogen functional groups attached to an aromatic ring is 1. The van der Waals surface area contributed by atoms with Gasteiger partial charge in [0.25, 0.3) is 0 Å². The Bertz CT molecular complexity index is 1240. The monoisotopic (exact) mass is 482 g/mol. The van der Waals surface area contributed by atoms with Crippen LogP contribution in [0.2, 0.25) is 10.0 Å². The number of benzene rings is 2. The smallest absolute Gasteiger partial charge is 0.358 e. The van der Waals surface area contributed by atoms with E-state index in [4.69, 9.17) is 47.9 Å². The summed E-state index contributed by atoms with van der Waals surface area (Å²) in [5, 5.41) is -0.484. The van der Waals surface area contributed by atoms with Gasteiger partial charge in [-0.05, 0) is 29.8 Å². The Labute approximate surface area is 190 Å². The van der Waals surface area contributed by atoms with Crippen molar-refractivity contribution in [3.05, 3.63) is 63.3 Å². The number of aromatic nitrogens is 1. The van der Waals surface area contributed by atoms with Gasteiger partial charge in [0.05, 0.1) is 22.8 Å². The maximum Gasteiger partial charge on any atom is 0.358 e. The largest absolute Gasteiger partial charge is 0.492 e. The topological polar surface area (TPSA) is 92.9 Å². The van der Waals surface area contributed by atoms with Crippen LogP contribution in [-0.4, -0.2) is 24.9 Å². The number of anilines is 1. The summed E-state index contributed by atoms with van der Waals surface area (Å²) in [6.07, 6.45) is 0. The fourth-order valence-electron chi connectivity index (χ4n) is 3.03. The van der Waals surface area contributed by atoms with Gasteiger partial charge in [-0.2, -0.15) is 0 Å². The van der Waals surface area contributed by atoms with E-state index in [9.17, 15) is 13.6 Å². The number of hydrogen-bond donors (Lipinski definition) is 1. The average molecular weight is 483 g/mol. The summed E-state index contributed by atoms with van der Waals surface area (Å²) in [5.74, 6) is -2.30. The highest BCUT2D eigenvalue weighted by Gasteiger charge is 2.26. The van der Waals surface area contributed by atoms with Gasteiger partial charge in [-0.25, -0.2) is 18.6 Å². The van der Waals surface area contributed by atoms with Crippen LogP contribution >= 0.6 is 23.2 Å². The van der Waals surface area contributed by atoms with Crippen molar-refractivity contribution in [1.82, 2.24) is 4.98 Å². The third-order valence-electron chi connectivity index (χ3n) is 4.62. The molecule has 2 N–H and O–H groups in total. The highest BCUT2D eigenvalue weighted by atomic mass is 35.5. The highest BCUT2D eigenvalue weighted by Crippen LogP contribution is 2.38. The van der Waals surface area contributed by atoms with Gasteiger partial charge in [0.15, 0.2) is 34.6 Å². The van der Waals surface area contributed by atoms with E-state index in [1.807, 2.05) is 0 Å². The van der Waals surface area contributed by atoms with E-state index in [1.54, 1.807) is 18.2 Å². The minimum atomic E-state index is -1.11. The number of rotatable bonds is 5. The van der Waals surface area contributed by atoms with Gasteiger partial charge in [-0.15, -0.1) is 0 Å². The molecule has 0 unspecified atom stereocenters. The lowest BCUT2D eigenvalue weighted by atomic mass is 10.1. The Morgan fingerprint density at radius 1 is 1.16 bits per heavy atom. The number of nitrogens with two attached hydrogens (primary N) is 1. The number of methoxy groups -OCH3 is 1. The minimum Gasteiger partial charge on any atom is -0.492 e. The molecule has 2 aromatic carbocycles. The molecule has 0 spiro atoms. The first-order valence-electron chi connectivity index (χ1n) is 9.04. The number of nitrogens with zero attached hydrogens (tertiary/aromatic N) is 1. The van der Waals surface area contributed by atoms with Crippen LogP contribution in [0.15, 0.2) is 30.3 Å². The molecule has 32 heavy (non-hydrogen) atoms. The molecule has 1 aliphatic heterocycles. The molecule has 11 heteroatoms. The summed E-state index contributed by atoms with van der Waals surface area (Å²) in [4.78, 5) is 16.5. The van der Waals surface area contributed by atoms with E-state index in [0.717, 1.165) is 0 Å². The number of ether oxygens (including phenoxy) is 4. The second-order valence-electron chi connectivity index (χ2n) is 6.56. The molecule has 2 heterocycles. The van der Waals surface area contributed by atoms with E-state index < -0.39 is 39.7 Å². The minimum absolute atomic E-state index is 0.0283. The van der Waals surface area contributed by atoms with E-state index in [0.29, 0.717) is 17.1 Å². The van der Waals surface area contributed by atoms with Crippen LogP contribution in [0.25, 0.3) is 11.3 Å². The third kappa shape index (κ3) is 3.85. The Morgan fingerprint density at radius 3 is 2.66 bits per heavy atom. The van der Waals surface area contributed by atoms with Crippen molar-refractivity contribution < 1.29 is 32.5 Å². The molecule has 0 saturated carbocycles. The normalized spacial score (nSPS) is 12.0. The van der Waals surface area contributed by atoms with Crippen LogP contribution in [0.4, 0.5) is 14.5 Å². The fourth-order valence-corrected chi connectivity index (χ4v) is 3.45. The molecule has 0 saturated heterocycles. The molecule has 0 radical (unpaired) electrons. The Balaban J connectivity index is 1.66. The maximum absolute atomic E-state index is 14.8. The molecule has 0 fully saturated rings. The Morgan fingerprint density at radius 2 is 1.91 bits per heavy atom. The van der Waals surface area contributed by atoms with Gasteiger partial charge in [-0.1, -0.05) is 29.3 Å². The summed E-state index contributed by atoms with van der Waals surface area (Å²) >= 11 is 11.9. The van der Waals surface area contributed by atoms with Gasteiger partial charge in [0.2, 0.25) is 6.79 Å². The van der Waals surface area contributed by atoms with Crippen LogP contribution in [0.1, 0.15) is 16.1 Å². The van der Waals surface area contributed by atoms with Crippen molar-refractivity contribution in [2.45, 2.75) is 6.61 Å². The predicted molar refractivity (Wildman–Crippen MR) is 112 cm³/mol. The molecule has 1 aliphatic rings. The van der Waals surface area contributed by atoms with Crippen LogP contribution in [-0.2, 0) is 11.3 Å². The first kappa shape index (κ1) is 21.9. The summed E-state index contributed by atoms with van der Waals surface area (Å²) in [7, 11) is 1.20. The Kier molecular flexibility index (Phi) is 5.94. The molecule has 0 amide bonds. The number of halogens is 4. The zero-order chi connectivity index (χ0) is 23.0. The molecular weight excluding hydrogens is 469 g/mol. The molecule has 0 bridgehead atoms. The number of carbonyl (C=O) groups is 1. The van der Waals surface area contributed by atoms with Gasteiger partial charge >= 0.3 is 5.97 Å². The molecule has 166 valence electrons. The lowest BCUT2D eigenvalue weighted by molar-refractivity contribution is 0.0465. The van der Waals surface area contributed by atoms with Crippen LogP contribution in [0.3, 0.4) is 0 Å². The molecular formula is C21H14Cl2F2N2O5. The quantitative estimate of drug-likeness (QED) is 0.510. The third-order valence-corrected chi connectivity index (χ3v) is 5.30. The first-order valence-corrected chi connectivity index (χ1v) is 9.79. The number of carbonyl (C=O) groups excluding carboxylic acids is 1. The van der Waals surface area contributed by atoms with Crippen LogP contribution < -0.4 is 19.9 Å².